The minimum absolute atomic E-state index is 0.347. The Kier molecular flexibility index (Phi) is 4.36. The quantitative estimate of drug-likeness (QED) is 0.484. The number of benzene rings is 1. The first-order valence-corrected chi connectivity index (χ1v) is 7.45. The van der Waals surface area contributed by atoms with Crippen LogP contribution < -0.4 is 0 Å². The van der Waals surface area contributed by atoms with Gasteiger partial charge in [0.15, 0.2) is 5.78 Å². The van der Waals surface area contributed by atoms with Gasteiger partial charge >= 0.3 is 17.8 Å². The van der Waals surface area contributed by atoms with Gasteiger partial charge in [-0.25, -0.2) is 9.69 Å². The first-order valence-electron chi connectivity index (χ1n) is 7.45. The lowest BCUT2D eigenvalue weighted by atomic mass is 9.96. The van der Waals surface area contributed by atoms with Crippen LogP contribution >= 0.6 is 0 Å². The molecule has 0 radical (unpaired) electrons. The van der Waals surface area contributed by atoms with Gasteiger partial charge in [0.25, 0.3) is 0 Å². The monoisotopic (exact) mass is 316 g/mol. The second-order valence-electron chi connectivity index (χ2n) is 6.14. The van der Waals surface area contributed by atoms with E-state index in [4.69, 9.17) is 0 Å². The molecule has 0 aromatic heterocycles. The molecule has 1 fully saturated rings. The molecule has 1 aromatic rings. The number of Topliss-reactive ketones (excluding diaryl/α,β-unsaturated/α-hetero) is 1. The minimum atomic E-state index is -0.945. The second kappa shape index (κ2) is 5.95. The Morgan fingerprint density at radius 2 is 1.52 bits per heavy atom. The van der Waals surface area contributed by atoms with E-state index in [2.05, 4.69) is 0 Å². The highest BCUT2D eigenvalue weighted by atomic mass is 16.2. The lowest BCUT2D eigenvalue weighted by Gasteiger charge is -2.18. The van der Waals surface area contributed by atoms with Crippen LogP contribution in [-0.4, -0.2) is 46.0 Å². The zero-order valence-electron chi connectivity index (χ0n) is 14.0. The van der Waals surface area contributed by atoms with Crippen molar-refractivity contribution in [2.75, 3.05) is 6.54 Å². The first kappa shape index (κ1) is 16.9. The van der Waals surface area contributed by atoms with Gasteiger partial charge in [-0.05, 0) is 45.7 Å². The minimum Gasteiger partial charge on any atom is -0.292 e. The number of ketones is 1. The molecule has 6 heteroatoms. The Morgan fingerprint density at radius 3 is 1.96 bits per heavy atom. The van der Waals surface area contributed by atoms with Crippen molar-refractivity contribution in [1.82, 2.24) is 9.80 Å². The maximum atomic E-state index is 12.6. The highest BCUT2D eigenvalue weighted by Gasteiger charge is 2.46. The van der Waals surface area contributed by atoms with Crippen molar-refractivity contribution in [3.8, 4) is 0 Å². The maximum Gasteiger partial charge on any atom is 0.334 e. The van der Waals surface area contributed by atoms with Gasteiger partial charge in [-0.15, -0.1) is 0 Å². The van der Waals surface area contributed by atoms with Crippen LogP contribution in [0.2, 0.25) is 0 Å². The molecule has 1 heterocycles. The van der Waals surface area contributed by atoms with Crippen molar-refractivity contribution in [2.45, 2.75) is 40.7 Å². The molecule has 122 valence electrons. The van der Waals surface area contributed by atoms with Gasteiger partial charge < -0.3 is 0 Å². The molecule has 0 aliphatic carbocycles. The number of amides is 4. The summed E-state index contributed by atoms with van der Waals surface area (Å²) in [5.41, 5.74) is 3.11. The van der Waals surface area contributed by atoms with E-state index in [1.165, 1.54) is 0 Å². The fourth-order valence-electron chi connectivity index (χ4n) is 2.96. The third-order valence-corrected chi connectivity index (χ3v) is 3.86. The number of rotatable bonds is 4. The SMILES string of the molecule is Cc1cc(C)c(C(=O)CN2C(=O)C(=O)N(C(C)C)C2=O)c(C)c1. The van der Waals surface area contributed by atoms with Crippen LogP contribution in [0.5, 0.6) is 0 Å². The largest absolute Gasteiger partial charge is 0.334 e. The standard InChI is InChI=1S/C17H20N2O4/c1-9(2)19-16(22)15(21)18(17(19)23)8-13(20)14-11(4)6-10(3)7-12(14)5/h6-7,9H,8H2,1-5H3. The zero-order chi connectivity index (χ0) is 17.5. The number of nitrogens with zero attached hydrogens (tertiary/aromatic N) is 2. The molecule has 0 saturated carbocycles. The molecule has 0 bridgehead atoms. The summed E-state index contributed by atoms with van der Waals surface area (Å²) in [7, 11) is 0. The Labute approximate surface area is 135 Å². The fraction of sp³-hybridized carbons (Fsp3) is 0.412. The van der Waals surface area contributed by atoms with E-state index in [-0.39, 0.29) is 5.78 Å². The van der Waals surface area contributed by atoms with Crippen molar-refractivity contribution in [3.05, 3.63) is 34.4 Å². The van der Waals surface area contributed by atoms with Crippen molar-refractivity contribution in [3.63, 3.8) is 0 Å². The van der Waals surface area contributed by atoms with Gasteiger partial charge in [-0.2, -0.15) is 0 Å². The highest BCUT2D eigenvalue weighted by molar-refractivity contribution is 6.45. The molecule has 0 N–H and O–H groups in total. The molecule has 0 spiro atoms. The fourth-order valence-corrected chi connectivity index (χ4v) is 2.96. The Hall–Kier alpha value is -2.50. The molecule has 1 aliphatic rings. The van der Waals surface area contributed by atoms with E-state index in [1.807, 2.05) is 32.9 Å². The summed E-state index contributed by atoms with van der Waals surface area (Å²) in [6.07, 6.45) is 0. The molecule has 1 saturated heterocycles. The van der Waals surface area contributed by atoms with Crippen LogP contribution in [0.3, 0.4) is 0 Å². The normalized spacial score (nSPS) is 15.1. The van der Waals surface area contributed by atoms with Crippen molar-refractivity contribution >= 4 is 23.6 Å². The average molecular weight is 316 g/mol. The van der Waals surface area contributed by atoms with E-state index in [1.54, 1.807) is 13.8 Å². The van der Waals surface area contributed by atoms with Crippen molar-refractivity contribution < 1.29 is 19.2 Å². The Morgan fingerprint density at radius 1 is 1.00 bits per heavy atom. The van der Waals surface area contributed by atoms with Crippen molar-refractivity contribution in [2.24, 2.45) is 0 Å². The number of urea groups is 1. The predicted molar refractivity (Wildman–Crippen MR) is 84.1 cm³/mol. The molecule has 23 heavy (non-hydrogen) atoms. The van der Waals surface area contributed by atoms with Gasteiger partial charge in [0.2, 0.25) is 0 Å². The number of carbonyl (C=O) groups is 4. The summed E-state index contributed by atoms with van der Waals surface area (Å²) in [5.74, 6) is -2.17. The zero-order valence-corrected chi connectivity index (χ0v) is 14.0. The Balaban J connectivity index is 2.30. The number of aryl methyl sites for hydroxylation is 3. The highest BCUT2D eigenvalue weighted by Crippen LogP contribution is 2.20. The number of imide groups is 2. The van der Waals surface area contributed by atoms with E-state index in [9.17, 15) is 19.2 Å². The van der Waals surface area contributed by atoms with Gasteiger partial charge in [0.1, 0.15) is 0 Å². The third-order valence-electron chi connectivity index (χ3n) is 3.86. The predicted octanol–water partition coefficient (Wildman–Crippen LogP) is 1.99. The molecule has 2 rings (SSSR count). The smallest absolute Gasteiger partial charge is 0.292 e. The second-order valence-corrected chi connectivity index (χ2v) is 6.14. The molecule has 1 aromatic carbocycles. The lowest BCUT2D eigenvalue weighted by molar-refractivity contribution is -0.143. The van der Waals surface area contributed by atoms with Gasteiger partial charge in [0.05, 0.1) is 6.54 Å². The van der Waals surface area contributed by atoms with Crippen molar-refractivity contribution in [1.29, 1.82) is 0 Å². The molecule has 4 amide bonds. The van der Waals surface area contributed by atoms with Gasteiger partial charge in [0, 0.05) is 11.6 Å². The van der Waals surface area contributed by atoms with Crippen LogP contribution in [0.4, 0.5) is 4.79 Å². The Bertz CT molecular complexity index is 698. The van der Waals surface area contributed by atoms with Crippen LogP contribution in [0.25, 0.3) is 0 Å². The van der Waals surface area contributed by atoms with E-state index in [0.29, 0.717) is 5.56 Å². The summed E-state index contributed by atoms with van der Waals surface area (Å²) in [5, 5.41) is 0. The summed E-state index contributed by atoms with van der Waals surface area (Å²) in [6.45, 7) is 8.42. The first-order chi connectivity index (χ1) is 10.6. The van der Waals surface area contributed by atoms with Crippen LogP contribution in [-0.2, 0) is 9.59 Å². The summed E-state index contributed by atoms with van der Waals surface area (Å²) in [6, 6.07) is 2.59. The van der Waals surface area contributed by atoms with E-state index in [0.717, 1.165) is 26.5 Å². The van der Waals surface area contributed by atoms with Crippen LogP contribution in [0.1, 0.15) is 40.9 Å². The number of hydrogen-bond acceptors (Lipinski definition) is 4. The third kappa shape index (κ3) is 2.88. The van der Waals surface area contributed by atoms with Gasteiger partial charge in [-0.3, -0.25) is 19.3 Å². The van der Waals surface area contributed by atoms with E-state index >= 15 is 0 Å². The topological polar surface area (TPSA) is 74.8 Å². The average Bonchev–Trinajstić information content (AvgIpc) is 2.61. The maximum absolute atomic E-state index is 12.6. The summed E-state index contributed by atoms with van der Waals surface area (Å²) < 4.78 is 0. The summed E-state index contributed by atoms with van der Waals surface area (Å²) >= 11 is 0. The molecular weight excluding hydrogens is 296 g/mol. The lowest BCUT2D eigenvalue weighted by Crippen LogP contribution is -2.39. The molecular formula is C17H20N2O4. The molecule has 6 nitrogen and oxygen atoms in total. The van der Waals surface area contributed by atoms with Gasteiger partial charge in [-0.1, -0.05) is 17.7 Å². The number of hydrogen-bond donors (Lipinski definition) is 0. The van der Waals surface area contributed by atoms with Crippen LogP contribution in [0, 0.1) is 20.8 Å². The van der Waals surface area contributed by atoms with Crippen LogP contribution in [0.15, 0.2) is 12.1 Å². The molecule has 0 atom stereocenters. The molecule has 1 aliphatic heterocycles. The van der Waals surface area contributed by atoms with E-state index < -0.39 is 30.4 Å². The molecule has 0 unspecified atom stereocenters. The summed E-state index contributed by atoms with van der Waals surface area (Å²) in [4.78, 5) is 50.2. The number of carbonyl (C=O) groups excluding carboxylic acids is 4.